The highest BCUT2D eigenvalue weighted by molar-refractivity contribution is 5.06. The number of hydrogen-bond acceptors (Lipinski definition) is 5. The topological polar surface area (TPSA) is 61.0 Å². The Balaban J connectivity index is 1.34. The molecule has 124 valence electrons. The van der Waals surface area contributed by atoms with Crippen LogP contribution in [0.5, 0.6) is 0 Å². The van der Waals surface area contributed by atoms with Crippen LogP contribution in [0.15, 0.2) is 12.3 Å². The molecule has 0 unspecified atom stereocenters. The fourth-order valence-electron chi connectivity index (χ4n) is 3.79. The first-order valence-corrected chi connectivity index (χ1v) is 8.45. The van der Waals surface area contributed by atoms with Crippen molar-refractivity contribution in [2.75, 3.05) is 19.6 Å². The van der Waals surface area contributed by atoms with Gasteiger partial charge in [-0.25, -0.2) is 4.68 Å². The lowest BCUT2D eigenvalue weighted by molar-refractivity contribution is -0.0657. The van der Waals surface area contributed by atoms with Crippen LogP contribution in [0.4, 0.5) is 0 Å². The third kappa shape index (κ3) is 2.90. The van der Waals surface area contributed by atoms with E-state index in [1.165, 1.54) is 5.69 Å². The van der Waals surface area contributed by atoms with E-state index in [2.05, 4.69) is 42.7 Å². The maximum atomic E-state index is 5.97. The first-order chi connectivity index (χ1) is 11.2. The zero-order chi connectivity index (χ0) is 15.8. The van der Waals surface area contributed by atoms with E-state index >= 15 is 0 Å². The van der Waals surface area contributed by atoms with Crippen LogP contribution in [0, 0.1) is 13.8 Å². The summed E-state index contributed by atoms with van der Waals surface area (Å²) in [5.41, 5.74) is 3.44. The summed E-state index contributed by atoms with van der Waals surface area (Å²) in [5, 5.41) is 12.8. The van der Waals surface area contributed by atoms with Gasteiger partial charge in [0.15, 0.2) is 0 Å². The maximum Gasteiger partial charge on any atom is 0.0929 e. The minimum absolute atomic E-state index is 0.288. The Morgan fingerprint density at radius 1 is 1.30 bits per heavy atom. The molecular formula is C16H24N6O. The molecule has 23 heavy (non-hydrogen) atoms. The Morgan fingerprint density at radius 3 is 3.04 bits per heavy atom. The van der Waals surface area contributed by atoms with Crippen molar-refractivity contribution in [1.29, 1.82) is 0 Å². The van der Waals surface area contributed by atoms with Crippen molar-refractivity contribution in [2.45, 2.75) is 52.0 Å². The summed E-state index contributed by atoms with van der Waals surface area (Å²) < 4.78 is 10.1. The molecule has 0 aromatic carbocycles. The van der Waals surface area contributed by atoms with E-state index < -0.39 is 0 Å². The Kier molecular flexibility index (Phi) is 3.90. The van der Waals surface area contributed by atoms with Crippen LogP contribution < -0.4 is 0 Å². The molecular weight excluding hydrogens is 292 g/mol. The summed E-state index contributed by atoms with van der Waals surface area (Å²) >= 11 is 0. The number of piperidine rings is 1. The molecule has 7 heteroatoms. The lowest BCUT2D eigenvalue weighted by atomic mass is 10.0. The lowest BCUT2D eigenvalue weighted by Gasteiger charge is -2.41. The minimum Gasteiger partial charge on any atom is -0.370 e. The van der Waals surface area contributed by atoms with Crippen molar-refractivity contribution in [2.24, 2.45) is 0 Å². The van der Waals surface area contributed by atoms with Crippen LogP contribution >= 0.6 is 0 Å². The Hall–Kier alpha value is -1.73. The number of ether oxygens (including phenoxy) is 1. The molecule has 0 spiro atoms. The smallest absolute Gasteiger partial charge is 0.0929 e. The Labute approximate surface area is 136 Å². The largest absolute Gasteiger partial charge is 0.370 e. The van der Waals surface area contributed by atoms with Crippen LogP contribution in [0.3, 0.4) is 0 Å². The summed E-state index contributed by atoms with van der Waals surface area (Å²) in [7, 11) is 0. The van der Waals surface area contributed by atoms with Gasteiger partial charge in [0.1, 0.15) is 0 Å². The molecule has 2 atom stereocenters. The molecule has 2 aliphatic heterocycles. The van der Waals surface area contributed by atoms with Crippen molar-refractivity contribution in [3.63, 3.8) is 0 Å². The molecule has 0 saturated carbocycles. The lowest BCUT2D eigenvalue weighted by Crippen LogP contribution is -2.48. The second kappa shape index (κ2) is 6.05. The summed E-state index contributed by atoms with van der Waals surface area (Å²) in [4.78, 5) is 2.52. The number of nitrogens with zero attached hydrogens (tertiary/aromatic N) is 6. The molecule has 0 aliphatic carbocycles. The highest BCUT2D eigenvalue weighted by Crippen LogP contribution is 2.29. The molecule has 0 bridgehead atoms. The third-order valence-electron chi connectivity index (χ3n) is 4.96. The van der Waals surface area contributed by atoms with Gasteiger partial charge in [-0.3, -0.25) is 4.68 Å². The number of rotatable bonds is 4. The van der Waals surface area contributed by atoms with Gasteiger partial charge in [-0.1, -0.05) is 5.21 Å². The molecule has 0 amide bonds. The van der Waals surface area contributed by atoms with Crippen LogP contribution in [-0.2, 0) is 17.9 Å². The number of aromatic nitrogens is 5. The predicted molar refractivity (Wildman–Crippen MR) is 85.0 cm³/mol. The van der Waals surface area contributed by atoms with Gasteiger partial charge < -0.3 is 9.64 Å². The van der Waals surface area contributed by atoms with E-state index in [1.54, 1.807) is 0 Å². The molecule has 0 N–H and O–H groups in total. The molecule has 2 aliphatic rings. The summed E-state index contributed by atoms with van der Waals surface area (Å²) in [6.45, 7) is 8.98. The van der Waals surface area contributed by atoms with E-state index in [1.807, 2.05) is 13.1 Å². The molecule has 2 aromatic rings. The predicted octanol–water partition coefficient (Wildman–Crippen LogP) is 1.33. The second-order valence-corrected chi connectivity index (χ2v) is 6.68. The Bertz CT molecular complexity index is 678. The summed E-state index contributed by atoms with van der Waals surface area (Å²) in [6, 6.07) is 2.44. The first-order valence-electron chi connectivity index (χ1n) is 8.45. The minimum atomic E-state index is 0.288. The van der Waals surface area contributed by atoms with Gasteiger partial charge in [0.05, 0.1) is 36.3 Å². The average molecular weight is 316 g/mol. The van der Waals surface area contributed by atoms with Gasteiger partial charge in [-0.2, -0.15) is 5.10 Å². The van der Waals surface area contributed by atoms with Gasteiger partial charge in [-0.15, -0.1) is 5.10 Å². The van der Waals surface area contributed by atoms with Gasteiger partial charge in [-0.05, 0) is 39.3 Å². The third-order valence-corrected chi connectivity index (χ3v) is 4.96. The molecule has 4 heterocycles. The fourth-order valence-corrected chi connectivity index (χ4v) is 3.79. The number of hydrogen-bond donors (Lipinski definition) is 0. The van der Waals surface area contributed by atoms with Gasteiger partial charge in [0.2, 0.25) is 0 Å². The monoisotopic (exact) mass is 316 g/mol. The van der Waals surface area contributed by atoms with Crippen LogP contribution in [0.1, 0.15) is 36.0 Å². The molecule has 1 saturated heterocycles. The van der Waals surface area contributed by atoms with Crippen LogP contribution in [-0.4, -0.2) is 55.4 Å². The normalized spacial score (nSPS) is 24.4. The molecule has 2 aromatic heterocycles. The molecule has 4 rings (SSSR count). The number of aryl methyl sites for hydroxylation is 3. The zero-order valence-electron chi connectivity index (χ0n) is 13.9. The zero-order valence-corrected chi connectivity index (χ0v) is 13.9. The average Bonchev–Trinajstić information content (AvgIpc) is 3.14. The maximum absolute atomic E-state index is 5.97. The highest BCUT2D eigenvalue weighted by atomic mass is 16.5. The quantitative estimate of drug-likeness (QED) is 0.851. The van der Waals surface area contributed by atoms with Gasteiger partial charge in [0.25, 0.3) is 0 Å². The van der Waals surface area contributed by atoms with Crippen molar-refractivity contribution >= 4 is 0 Å². The molecule has 7 nitrogen and oxygen atoms in total. The van der Waals surface area contributed by atoms with Gasteiger partial charge >= 0.3 is 0 Å². The van der Waals surface area contributed by atoms with E-state index in [-0.39, 0.29) is 6.10 Å². The van der Waals surface area contributed by atoms with Crippen molar-refractivity contribution in [3.05, 3.63) is 29.3 Å². The van der Waals surface area contributed by atoms with Crippen molar-refractivity contribution in [1.82, 2.24) is 29.7 Å². The molecule has 1 fully saturated rings. The summed E-state index contributed by atoms with van der Waals surface area (Å²) in [6.07, 6.45) is 4.29. The number of fused-ring (bicyclic) bond motifs is 3. The SMILES string of the molecule is Cc1cc(C)n(CCCN2CC[C@H]3OCc4cnnn4[C@H]3C2)n1. The number of likely N-dealkylation sites (tertiary alicyclic amines) is 1. The van der Waals surface area contributed by atoms with Crippen molar-refractivity contribution in [3.8, 4) is 0 Å². The van der Waals surface area contributed by atoms with Crippen molar-refractivity contribution < 1.29 is 4.74 Å². The Morgan fingerprint density at radius 2 is 2.22 bits per heavy atom. The highest BCUT2D eigenvalue weighted by Gasteiger charge is 2.36. The summed E-state index contributed by atoms with van der Waals surface area (Å²) in [5.74, 6) is 0. The van der Waals surface area contributed by atoms with E-state index in [0.29, 0.717) is 12.6 Å². The first kappa shape index (κ1) is 14.8. The van der Waals surface area contributed by atoms with Crippen LogP contribution in [0.2, 0.25) is 0 Å². The second-order valence-electron chi connectivity index (χ2n) is 6.68. The molecule has 0 radical (unpaired) electrons. The standard InChI is InChI=1S/C16H24N6O/c1-12-8-13(2)21(18-12)6-3-5-20-7-4-16-15(10-20)22-14(11-23-16)9-17-19-22/h8-9,15-16H,3-7,10-11H2,1-2H3/t15-,16+/m0/s1. The fraction of sp³-hybridized carbons (Fsp3) is 0.688. The van der Waals surface area contributed by atoms with E-state index in [9.17, 15) is 0 Å². The van der Waals surface area contributed by atoms with Crippen LogP contribution in [0.25, 0.3) is 0 Å². The van der Waals surface area contributed by atoms with E-state index in [0.717, 1.165) is 50.4 Å². The van der Waals surface area contributed by atoms with E-state index in [4.69, 9.17) is 4.74 Å². The van der Waals surface area contributed by atoms with Gasteiger partial charge in [0, 0.05) is 25.3 Å².